The second kappa shape index (κ2) is 9.73. The molecular weight excluding hydrogens is 376 g/mol. The average Bonchev–Trinajstić information content (AvgIpc) is 2.78. The summed E-state index contributed by atoms with van der Waals surface area (Å²) in [7, 11) is 1.55. The van der Waals surface area contributed by atoms with Crippen molar-refractivity contribution < 1.29 is 14.3 Å². The summed E-state index contributed by atoms with van der Waals surface area (Å²) in [5, 5.41) is 11.7. The van der Waals surface area contributed by atoms with Gasteiger partial charge in [-0.1, -0.05) is 42.2 Å². The molecule has 0 fully saturated rings. The van der Waals surface area contributed by atoms with Gasteiger partial charge in [0.25, 0.3) is 0 Å². The van der Waals surface area contributed by atoms with Gasteiger partial charge in [0.05, 0.1) is 30.7 Å². The predicted molar refractivity (Wildman–Crippen MR) is 114 cm³/mol. The molecule has 3 aromatic carbocycles. The van der Waals surface area contributed by atoms with Crippen molar-refractivity contribution >= 4 is 17.4 Å². The molecular formula is C25H18N2O3. The molecule has 0 spiro atoms. The molecule has 1 amide bonds. The normalized spacial score (nSPS) is 9.60. The number of methoxy groups -OCH3 is 1. The maximum atomic E-state index is 12.3. The molecule has 0 aromatic heterocycles. The largest absolute Gasteiger partial charge is 0.495 e. The second-order valence-electron chi connectivity index (χ2n) is 6.37. The van der Waals surface area contributed by atoms with Gasteiger partial charge in [0.15, 0.2) is 5.78 Å². The maximum Gasteiger partial charge on any atom is 0.232 e. The van der Waals surface area contributed by atoms with Crippen molar-refractivity contribution in [2.24, 2.45) is 0 Å². The van der Waals surface area contributed by atoms with Gasteiger partial charge in [-0.2, -0.15) is 5.26 Å². The zero-order chi connectivity index (χ0) is 21.3. The van der Waals surface area contributed by atoms with E-state index in [-0.39, 0.29) is 12.2 Å². The first-order valence-corrected chi connectivity index (χ1v) is 9.17. The summed E-state index contributed by atoms with van der Waals surface area (Å²) >= 11 is 0. The predicted octanol–water partition coefficient (Wildman–Crippen LogP) is 4.18. The standard InChI is InChI=1S/C25H18N2O3/c1-30-24-13-12-22(15-21(24)11-10-18-6-3-2-4-7-18)27-25(29)16-23(28)20-9-5-8-19(14-20)17-26/h2-9,12-15H,16H2,1H3,(H,27,29). The Hall–Kier alpha value is -4.35. The summed E-state index contributed by atoms with van der Waals surface area (Å²) in [6.45, 7) is 0. The van der Waals surface area contributed by atoms with Gasteiger partial charge in [0, 0.05) is 16.8 Å². The lowest BCUT2D eigenvalue weighted by Gasteiger charge is -2.08. The fourth-order valence-electron chi connectivity index (χ4n) is 2.76. The molecule has 5 nitrogen and oxygen atoms in total. The van der Waals surface area contributed by atoms with Crippen LogP contribution in [0.4, 0.5) is 5.69 Å². The van der Waals surface area contributed by atoms with Gasteiger partial charge in [0.1, 0.15) is 5.75 Å². The number of rotatable bonds is 5. The van der Waals surface area contributed by atoms with E-state index >= 15 is 0 Å². The number of hydrogen-bond acceptors (Lipinski definition) is 4. The Morgan fingerprint density at radius 1 is 0.933 bits per heavy atom. The topological polar surface area (TPSA) is 79.2 Å². The van der Waals surface area contributed by atoms with Crippen molar-refractivity contribution in [2.45, 2.75) is 6.42 Å². The van der Waals surface area contributed by atoms with E-state index in [4.69, 9.17) is 10.00 Å². The highest BCUT2D eigenvalue weighted by molar-refractivity contribution is 6.11. The van der Waals surface area contributed by atoms with Crippen LogP contribution in [0.15, 0.2) is 72.8 Å². The number of ether oxygens (including phenoxy) is 1. The quantitative estimate of drug-likeness (QED) is 0.400. The fraction of sp³-hybridized carbons (Fsp3) is 0.0800. The zero-order valence-corrected chi connectivity index (χ0v) is 16.3. The average molecular weight is 394 g/mol. The number of carbonyl (C=O) groups excluding carboxylic acids is 2. The SMILES string of the molecule is COc1ccc(NC(=O)CC(=O)c2cccc(C#N)c2)cc1C#Cc1ccccc1. The highest BCUT2D eigenvalue weighted by Gasteiger charge is 2.13. The van der Waals surface area contributed by atoms with Gasteiger partial charge in [0.2, 0.25) is 5.91 Å². The number of nitriles is 1. The van der Waals surface area contributed by atoms with Crippen molar-refractivity contribution in [1.82, 2.24) is 0 Å². The van der Waals surface area contributed by atoms with Crippen LogP contribution in [0.25, 0.3) is 0 Å². The highest BCUT2D eigenvalue weighted by Crippen LogP contribution is 2.22. The van der Waals surface area contributed by atoms with Gasteiger partial charge in [-0.05, 0) is 42.5 Å². The Balaban J connectivity index is 1.73. The smallest absolute Gasteiger partial charge is 0.232 e. The number of nitrogens with one attached hydrogen (secondary N) is 1. The Morgan fingerprint density at radius 3 is 2.43 bits per heavy atom. The van der Waals surface area contributed by atoms with Gasteiger partial charge in [-0.15, -0.1) is 0 Å². The first kappa shape index (κ1) is 20.4. The van der Waals surface area contributed by atoms with Crippen molar-refractivity contribution in [2.75, 3.05) is 12.4 Å². The minimum absolute atomic E-state index is 0.327. The Labute approximate surface area is 174 Å². The molecule has 0 bridgehead atoms. The van der Waals surface area contributed by atoms with Crippen LogP contribution in [-0.2, 0) is 4.79 Å². The molecule has 1 N–H and O–H groups in total. The minimum Gasteiger partial charge on any atom is -0.495 e. The number of hydrogen-bond donors (Lipinski definition) is 1. The van der Waals surface area contributed by atoms with Crippen LogP contribution in [0.5, 0.6) is 5.75 Å². The number of benzene rings is 3. The van der Waals surface area contributed by atoms with Crippen LogP contribution >= 0.6 is 0 Å². The molecule has 0 aliphatic heterocycles. The van der Waals surface area contributed by atoms with Gasteiger partial charge >= 0.3 is 0 Å². The molecule has 5 heteroatoms. The number of anilines is 1. The van der Waals surface area contributed by atoms with E-state index in [0.29, 0.717) is 28.1 Å². The summed E-state index contributed by atoms with van der Waals surface area (Å²) in [4.78, 5) is 24.7. The highest BCUT2D eigenvalue weighted by atomic mass is 16.5. The Kier molecular flexibility index (Phi) is 6.61. The lowest BCUT2D eigenvalue weighted by Crippen LogP contribution is -2.16. The van der Waals surface area contributed by atoms with Crippen LogP contribution in [-0.4, -0.2) is 18.8 Å². The van der Waals surface area contributed by atoms with Crippen LogP contribution in [0.2, 0.25) is 0 Å². The lowest BCUT2D eigenvalue weighted by molar-refractivity contribution is -0.115. The third kappa shape index (κ3) is 5.34. The minimum atomic E-state index is -0.450. The molecule has 0 unspecified atom stereocenters. The van der Waals surface area contributed by atoms with E-state index in [9.17, 15) is 9.59 Å². The molecule has 0 saturated carbocycles. The second-order valence-corrected chi connectivity index (χ2v) is 6.37. The van der Waals surface area contributed by atoms with Gasteiger partial charge < -0.3 is 10.1 Å². The summed E-state index contributed by atoms with van der Waals surface area (Å²) in [6, 6.07) is 22.9. The number of ketones is 1. The van der Waals surface area contributed by atoms with E-state index in [0.717, 1.165) is 5.56 Å². The van der Waals surface area contributed by atoms with E-state index in [1.54, 1.807) is 43.5 Å². The fourth-order valence-corrected chi connectivity index (χ4v) is 2.76. The molecule has 0 heterocycles. The number of Topliss-reactive ketones (excluding diaryl/α,β-unsaturated/α-hetero) is 1. The summed E-state index contributed by atoms with van der Waals surface area (Å²) in [5.41, 5.74) is 2.69. The first-order valence-electron chi connectivity index (χ1n) is 9.17. The molecule has 3 rings (SSSR count). The summed E-state index contributed by atoms with van der Waals surface area (Å²) in [6.07, 6.45) is -0.327. The van der Waals surface area contributed by atoms with E-state index < -0.39 is 5.91 Å². The molecule has 0 aliphatic rings. The van der Waals surface area contributed by atoms with Crippen molar-refractivity contribution in [3.05, 3.63) is 95.1 Å². The molecule has 0 atom stereocenters. The van der Waals surface area contributed by atoms with Crippen molar-refractivity contribution in [3.8, 4) is 23.7 Å². The molecule has 3 aromatic rings. The number of carbonyl (C=O) groups is 2. The van der Waals surface area contributed by atoms with E-state index in [1.807, 2.05) is 36.4 Å². The first-order chi connectivity index (χ1) is 14.6. The van der Waals surface area contributed by atoms with Gasteiger partial charge in [-0.3, -0.25) is 9.59 Å². The third-order valence-electron chi connectivity index (χ3n) is 4.23. The lowest BCUT2D eigenvalue weighted by atomic mass is 10.1. The van der Waals surface area contributed by atoms with Crippen LogP contribution < -0.4 is 10.1 Å². The molecule has 0 aliphatic carbocycles. The molecule has 0 radical (unpaired) electrons. The molecule has 30 heavy (non-hydrogen) atoms. The third-order valence-corrected chi connectivity index (χ3v) is 4.23. The van der Waals surface area contributed by atoms with E-state index in [2.05, 4.69) is 17.2 Å². The zero-order valence-electron chi connectivity index (χ0n) is 16.3. The Bertz CT molecular complexity index is 1180. The van der Waals surface area contributed by atoms with Crippen molar-refractivity contribution in [1.29, 1.82) is 5.26 Å². The summed E-state index contributed by atoms with van der Waals surface area (Å²) < 4.78 is 5.34. The maximum absolute atomic E-state index is 12.3. The van der Waals surface area contributed by atoms with Gasteiger partial charge in [-0.25, -0.2) is 0 Å². The van der Waals surface area contributed by atoms with Crippen LogP contribution in [0.1, 0.15) is 33.5 Å². The number of amides is 1. The molecule has 146 valence electrons. The van der Waals surface area contributed by atoms with Crippen LogP contribution in [0, 0.1) is 23.2 Å². The van der Waals surface area contributed by atoms with Crippen molar-refractivity contribution in [3.63, 3.8) is 0 Å². The number of nitrogens with zero attached hydrogens (tertiary/aromatic N) is 1. The monoisotopic (exact) mass is 394 g/mol. The van der Waals surface area contributed by atoms with Crippen LogP contribution in [0.3, 0.4) is 0 Å². The Morgan fingerprint density at radius 2 is 1.70 bits per heavy atom. The molecule has 0 saturated heterocycles. The summed E-state index contributed by atoms with van der Waals surface area (Å²) in [5.74, 6) is 5.88. The van der Waals surface area contributed by atoms with E-state index in [1.165, 1.54) is 6.07 Å².